The Kier molecular flexibility index (Phi) is 2.42. The number of pyridine rings is 1. The first-order valence-corrected chi connectivity index (χ1v) is 4.66. The van der Waals surface area contributed by atoms with Gasteiger partial charge in [0, 0.05) is 17.1 Å². The Morgan fingerprint density at radius 1 is 1.53 bits per heavy atom. The minimum absolute atomic E-state index is 0.386. The Labute approximate surface area is 85.9 Å². The number of aliphatic hydroxyl groups excluding tert-OH is 1. The van der Waals surface area contributed by atoms with Crippen molar-refractivity contribution in [3.05, 3.63) is 29.8 Å². The van der Waals surface area contributed by atoms with Gasteiger partial charge in [-0.15, -0.1) is 0 Å². The highest BCUT2D eigenvalue weighted by Crippen LogP contribution is 2.20. The second-order valence-electron chi connectivity index (χ2n) is 3.62. The SMILES string of the molecule is CC(N)C(O)c1cc2cc(F)cnc2[nH]1. The van der Waals surface area contributed by atoms with Crippen LogP contribution in [-0.4, -0.2) is 21.1 Å². The quantitative estimate of drug-likeness (QED) is 0.692. The first-order valence-electron chi connectivity index (χ1n) is 4.66. The predicted octanol–water partition coefficient (Wildman–Crippen LogP) is 1.08. The molecule has 80 valence electrons. The fraction of sp³-hybridized carbons (Fsp3) is 0.300. The molecule has 2 rings (SSSR count). The van der Waals surface area contributed by atoms with Crippen molar-refractivity contribution in [2.24, 2.45) is 5.73 Å². The molecule has 0 radical (unpaired) electrons. The fourth-order valence-electron chi connectivity index (χ4n) is 1.45. The van der Waals surface area contributed by atoms with Crippen molar-refractivity contribution in [1.29, 1.82) is 0 Å². The maximum atomic E-state index is 12.8. The summed E-state index contributed by atoms with van der Waals surface area (Å²) < 4.78 is 12.8. The molecule has 4 nitrogen and oxygen atoms in total. The van der Waals surface area contributed by atoms with E-state index < -0.39 is 11.9 Å². The number of hydrogen-bond acceptors (Lipinski definition) is 3. The smallest absolute Gasteiger partial charge is 0.142 e. The van der Waals surface area contributed by atoms with Crippen LogP contribution in [0.25, 0.3) is 11.0 Å². The van der Waals surface area contributed by atoms with Crippen molar-refractivity contribution in [2.75, 3.05) is 0 Å². The summed E-state index contributed by atoms with van der Waals surface area (Å²) in [4.78, 5) is 6.76. The summed E-state index contributed by atoms with van der Waals surface area (Å²) >= 11 is 0. The van der Waals surface area contributed by atoms with Crippen molar-refractivity contribution in [3.63, 3.8) is 0 Å². The number of aliphatic hydroxyl groups is 1. The van der Waals surface area contributed by atoms with Crippen molar-refractivity contribution in [2.45, 2.75) is 19.1 Å². The molecule has 0 aliphatic heterocycles. The lowest BCUT2D eigenvalue weighted by Gasteiger charge is -2.11. The monoisotopic (exact) mass is 209 g/mol. The summed E-state index contributed by atoms with van der Waals surface area (Å²) in [7, 11) is 0. The summed E-state index contributed by atoms with van der Waals surface area (Å²) in [6, 6.07) is 2.62. The maximum absolute atomic E-state index is 12.8. The van der Waals surface area contributed by atoms with Crippen LogP contribution in [0.1, 0.15) is 18.7 Å². The molecule has 0 saturated carbocycles. The third kappa shape index (κ3) is 1.84. The van der Waals surface area contributed by atoms with Gasteiger partial charge in [0.1, 0.15) is 17.6 Å². The number of nitrogens with one attached hydrogen (secondary N) is 1. The molecule has 15 heavy (non-hydrogen) atoms. The summed E-state index contributed by atoms with van der Waals surface area (Å²) in [6.07, 6.45) is 0.336. The van der Waals surface area contributed by atoms with Gasteiger partial charge in [-0.2, -0.15) is 0 Å². The molecule has 2 heterocycles. The molecule has 0 saturated heterocycles. The Morgan fingerprint density at radius 3 is 2.93 bits per heavy atom. The van der Waals surface area contributed by atoms with Crippen molar-refractivity contribution >= 4 is 11.0 Å². The van der Waals surface area contributed by atoms with Crippen LogP contribution in [0, 0.1) is 5.82 Å². The number of hydrogen-bond donors (Lipinski definition) is 3. The highest BCUT2D eigenvalue weighted by atomic mass is 19.1. The molecule has 0 aliphatic carbocycles. The largest absolute Gasteiger partial charge is 0.385 e. The Morgan fingerprint density at radius 2 is 2.27 bits per heavy atom. The van der Waals surface area contributed by atoms with Crippen LogP contribution in [0.15, 0.2) is 18.3 Å². The van der Waals surface area contributed by atoms with E-state index in [0.29, 0.717) is 16.7 Å². The average Bonchev–Trinajstić information content (AvgIpc) is 2.58. The molecule has 0 spiro atoms. The van der Waals surface area contributed by atoms with E-state index >= 15 is 0 Å². The summed E-state index contributed by atoms with van der Waals surface area (Å²) in [5.74, 6) is -0.400. The number of aromatic amines is 1. The van der Waals surface area contributed by atoms with E-state index in [4.69, 9.17) is 5.73 Å². The topological polar surface area (TPSA) is 74.9 Å². The molecule has 0 fully saturated rings. The van der Waals surface area contributed by atoms with Crippen molar-refractivity contribution in [3.8, 4) is 0 Å². The Balaban J connectivity index is 2.47. The third-order valence-corrected chi connectivity index (χ3v) is 2.27. The number of H-pyrrole nitrogens is 1. The number of aromatic nitrogens is 2. The van der Waals surface area contributed by atoms with Gasteiger partial charge in [-0.05, 0) is 19.1 Å². The van der Waals surface area contributed by atoms with Gasteiger partial charge in [0.25, 0.3) is 0 Å². The number of rotatable bonds is 2. The molecular weight excluding hydrogens is 197 g/mol. The maximum Gasteiger partial charge on any atom is 0.142 e. The lowest BCUT2D eigenvalue weighted by molar-refractivity contribution is 0.149. The lowest BCUT2D eigenvalue weighted by atomic mass is 10.1. The van der Waals surface area contributed by atoms with Gasteiger partial charge in [0.15, 0.2) is 0 Å². The van der Waals surface area contributed by atoms with Crippen LogP contribution in [0.4, 0.5) is 4.39 Å². The van der Waals surface area contributed by atoms with E-state index in [-0.39, 0.29) is 6.04 Å². The molecule has 2 aromatic heterocycles. The molecule has 2 unspecified atom stereocenters. The third-order valence-electron chi connectivity index (χ3n) is 2.27. The van der Waals surface area contributed by atoms with Gasteiger partial charge in [0.2, 0.25) is 0 Å². The highest BCUT2D eigenvalue weighted by Gasteiger charge is 2.15. The van der Waals surface area contributed by atoms with E-state index in [1.807, 2.05) is 0 Å². The van der Waals surface area contributed by atoms with E-state index in [9.17, 15) is 9.50 Å². The lowest BCUT2D eigenvalue weighted by Crippen LogP contribution is -2.24. The van der Waals surface area contributed by atoms with Gasteiger partial charge in [-0.25, -0.2) is 9.37 Å². The molecular formula is C10H12FN3O. The number of fused-ring (bicyclic) bond motifs is 1. The molecule has 0 bridgehead atoms. The first kappa shape index (κ1) is 10.1. The van der Waals surface area contributed by atoms with E-state index in [2.05, 4.69) is 9.97 Å². The second kappa shape index (κ2) is 3.60. The van der Waals surface area contributed by atoms with E-state index in [1.165, 1.54) is 6.07 Å². The Hall–Kier alpha value is -1.46. The predicted molar refractivity (Wildman–Crippen MR) is 54.7 cm³/mol. The van der Waals surface area contributed by atoms with Crippen LogP contribution in [0.2, 0.25) is 0 Å². The van der Waals surface area contributed by atoms with Crippen LogP contribution in [0.5, 0.6) is 0 Å². The Bertz CT molecular complexity index is 480. The summed E-state index contributed by atoms with van der Waals surface area (Å²) in [5.41, 5.74) is 6.66. The highest BCUT2D eigenvalue weighted by molar-refractivity contribution is 5.76. The fourth-order valence-corrected chi connectivity index (χ4v) is 1.45. The van der Waals surface area contributed by atoms with Gasteiger partial charge < -0.3 is 15.8 Å². The summed E-state index contributed by atoms with van der Waals surface area (Å²) in [5, 5.41) is 10.3. The van der Waals surface area contributed by atoms with Crippen LogP contribution >= 0.6 is 0 Å². The van der Waals surface area contributed by atoms with Crippen LogP contribution in [0.3, 0.4) is 0 Å². The van der Waals surface area contributed by atoms with Gasteiger partial charge in [0.05, 0.1) is 6.20 Å². The summed E-state index contributed by atoms with van der Waals surface area (Å²) in [6.45, 7) is 1.70. The van der Waals surface area contributed by atoms with Gasteiger partial charge in [-0.1, -0.05) is 0 Å². The average molecular weight is 209 g/mol. The molecule has 4 N–H and O–H groups in total. The zero-order chi connectivity index (χ0) is 11.0. The molecule has 0 aromatic carbocycles. The number of halogens is 1. The zero-order valence-corrected chi connectivity index (χ0v) is 8.24. The second-order valence-corrected chi connectivity index (χ2v) is 3.62. The molecule has 0 aliphatic rings. The number of nitrogens with two attached hydrogens (primary N) is 1. The minimum Gasteiger partial charge on any atom is -0.385 e. The van der Waals surface area contributed by atoms with Crippen molar-refractivity contribution in [1.82, 2.24) is 9.97 Å². The van der Waals surface area contributed by atoms with E-state index in [1.54, 1.807) is 13.0 Å². The minimum atomic E-state index is -0.790. The number of nitrogens with zero attached hydrogens (tertiary/aromatic N) is 1. The van der Waals surface area contributed by atoms with Crippen LogP contribution in [-0.2, 0) is 0 Å². The standard InChI is InChI=1S/C10H12FN3O/c1-5(12)9(15)8-3-6-2-7(11)4-13-10(6)14-8/h2-5,9,15H,12H2,1H3,(H,13,14). The molecule has 2 atom stereocenters. The molecule has 0 amide bonds. The van der Waals surface area contributed by atoms with Gasteiger partial charge >= 0.3 is 0 Å². The molecule has 5 heteroatoms. The van der Waals surface area contributed by atoms with Gasteiger partial charge in [-0.3, -0.25) is 0 Å². The van der Waals surface area contributed by atoms with E-state index in [0.717, 1.165) is 6.20 Å². The van der Waals surface area contributed by atoms with Crippen molar-refractivity contribution < 1.29 is 9.50 Å². The zero-order valence-electron chi connectivity index (χ0n) is 8.24. The normalized spacial score (nSPS) is 15.5. The first-order chi connectivity index (χ1) is 7.08. The van der Waals surface area contributed by atoms with Crippen LogP contribution < -0.4 is 5.73 Å². The molecule has 2 aromatic rings.